The van der Waals surface area contributed by atoms with Crippen LogP contribution < -0.4 is 37.1 Å². The van der Waals surface area contributed by atoms with Crippen LogP contribution in [0.1, 0.15) is 48.4 Å². The Hall–Kier alpha value is -4.80. The van der Waals surface area contributed by atoms with Gasteiger partial charge in [-0.3, -0.25) is 25.8 Å². The third kappa shape index (κ3) is 7.10. The minimum atomic E-state index is -0.947. The third-order valence-electron chi connectivity index (χ3n) is 5.09. The molecule has 194 valence electrons. The van der Waals surface area contributed by atoms with Gasteiger partial charge in [-0.2, -0.15) is 0 Å². The van der Waals surface area contributed by atoms with Crippen molar-refractivity contribution < 1.29 is 19.1 Å². The summed E-state index contributed by atoms with van der Waals surface area (Å²) in [7, 11) is 0. The maximum atomic E-state index is 13.3. The molecule has 2 amide bonds. The number of nitrogen functional groups attached to an aromatic ring is 2. The molecule has 0 aliphatic carbocycles. The van der Waals surface area contributed by atoms with E-state index < -0.39 is 17.9 Å². The molecule has 2 aromatic carbocycles. The highest BCUT2D eigenvalue weighted by Gasteiger charge is 2.24. The number of aromatic nitrogens is 1. The number of hydrazine groups is 1. The molecule has 1 atom stereocenters. The standard InChI is InChI=1S/C26H31N7O4/c1-4-36-21-14-17(9-12-20(21)37-15(2)3)22(31-18-10-7-16(8-11-18)24(28)29)25(34)32-33-26(35)23-19(27)6-5-13-30-23/h5-15,22,31H,4,27H2,1-3H3,(H3,28,29)(H,32,34)(H,33,35). The molecule has 0 saturated carbocycles. The summed E-state index contributed by atoms with van der Waals surface area (Å²) < 4.78 is 11.6. The minimum Gasteiger partial charge on any atom is -0.490 e. The Morgan fingerprint density at radius 1 is 1.05 bits per heavy atom. The van der Waals surface area contributed by atoms with Crippen LogP contribution >= 0.6 is 0 Å². The molecule has 11 heteroatoms. The van der Waals surface area contributed by atoms with Crippen LogP contribution in [0.3, 0.4) is 0 Å². The van der Waals surface area contributed by atoms with Gasteiger partial charge in [0.1, 0.15) is 11.9 Å². The number of ether oxygens (including phenoxy) is 2. The van der Waals surface area contributed by atoms with Gasteiger partial charge in [0.05, 0.1) is 18.4 Å². The lowest BCUT2D eigenvalue weighted by molar-refractivity contribution is -0.122. The van der Waals surface area contributed by atoms with Crippen molar-refractivity contribution in [3.8, 4) is 11.5 Å². The van der Waals surface area contributed by atoms with Crippen molar-refractivity contribution in [2.45, 2.75) is 32.9 Å². The average molecular weight is 506 g/mol. The van der Waals surface area contributed by atoms with Gasteiger partial charge in [-0.05, 0) is 74.9 Å². The first-order valence-electron chi connectivity index (χ1n) is 11.6. The van der Waals surface area contributed by atoms with Crippen molar-refractivity contribution in [1.82, 2.24) is 15.8 Å². The van der Waals surface area contributed by atoms with Crippen molar-refractivity contribution in [3.05, 3.63) is 77.6 Å². The van der Waals surface area contributed by atoms with E-state index in [1.807, 2.05) is 20.8 Å². The molecule has 0 aliphatic rings. The summed E-state index contributed by atoms with van der Waals surface area (Å²) in [6, 6.07) is 14.1. The van der Waals surface area contributed by atoms with E-state index in [4.69, 9.17) is 26.4 Å². The molecular formula is C26H31N7O4. The largest absolute Gasteiger partial charge is 0.490 e. The average Bonchev–Trinajstić information content (AvgIpc) is 2.87. The zero-order chi connectivity index (χ0) is 26.9. The Labute approximate surface area is 215 Å². The first-order valence-corrected chi connectivity index (χ1v) is 11.6. The van der Waals surface area contributed by atoms with E-state index in [-0.39, 0.29) is 23.3 Å². The number of pyridine rings is 1. The number of nitrogens with one attached hydrogen (secondary N) is 4. The molecule has 0 aliphatic heterocycles. The van der Waals surface area contributed by atoms with Gasteiger partial charge in [0.2, 0.25) is 0 Å². The van der Waals surface area contributed by atoms with Crippen molar-refractivity contribution in [2.24, 2.45) is 5.73 Å². The summed E-state index contributed by atoms with van der Waals surface area (Å²) in [5.74, 6) is -0.264. The number of amides is 2. The molecule has 0 saturated heterocycles. The van der Waals surface area contributed by atoms with Crippen LogP contribution in [0.5, 0.6) is 11.5 Å². The second-order valence-corrected chi connectivity index (χ2v) is 8.26. The lowest BCUT2D eigenvalue weighted by atomic mass is 10.0. The van der Waals surface area contributed by atoms with Crippen LogP contribution in [0.25, 0.3) is 0 Å². The van der Waals surface area contributed by atoms with Gasteiger partial charge in [0, 0.05) is 17.4 Å². The van der Waals surface area contributed by atoms with E-state index in [0.29, 0.717) is 34.9 Å². The molecule has 37 heavy (non-hydrogen) atoms. The first-order chi connectivity index (χ1) is 17.7. The summed E-state index contributed by atoms with van der Waals surface area (Å²) in [6.45, 7) is 6.06. The summed E-state index contributed by atoms with van der Waals surface area (Å²) >= 11 is 0. The highest BCUT2D eigenvalue weighted by Crippen LogP contribution is 2.33. The van der Waals surface area contributed by atoms with Crippen molar-refractivity contribution in [1.29, 1.82) is 5.41 Å². The smallest absolute Gasteiger partial charge is 0.290 e. The number of anilines is 2. The second-order valence-electron chi connectivity index (χ2n) is 8.26. The van der Waals surface area contributed by atoms with E-state index in [9.17, 15) is 9.59 Å². The molecule has 0 fully saturated rings. The Morgan fingerprint density at radius 3 is 2.41 bits per heavy atom. The fraction of sp³-hybridized carbons (Fsp3) is 0.231. The number of rotatable bonds is 10. The van der Waals surface area contributed by atoms with E-state index in [0.717, 1.165) is 0 Å². The number of carbonyl (C=O) groups is 2. The summed E-state index contributed by atoms with van der Waals surface area (Å²) in [5.41, 5.74) is 18.0. The Bertz CT molecular complexity index is 1260. The van der Waals surface area contributed by atoms with Gasteiger partial charge in [0.25, 0.3) is 11.8 Å². The highest BCUT2D eigenvalue weighted by molar-refractivity contribution is 5.98. The lowest BCUT2D eigenvalue weighted by Crippen LogP contribution is -2.45. The summed E-state index contributed by atoms with van der Waals surface area (Å²) in [5, 5.41) is 10.7. The highest BCUT2D eigenvalue weighted by atomic mass is 16.5. The van der Waals surface area contributed by atoms with Crippen molar-refractivity contribution in [3.63, 3.8) is 0 Å². The summed E-state index contributed by atoms with van der Waals surface area (Å²) in [4.78, 5) is 29.8. The van der Waals surface area contributed by atoms with Gasteiger partial charge in [0.15, 0.2) is 17.2 Å². The van der Waals surface area contributed by atoms with E-state index in [1.54, 1.807) is 48.5 Å². The Balaban J connectivity index is 1.89. The fourth-order valence-electron chi connectivity index (χ4n) is 3.39. The number of nitrogens with two attached hydrogens (primary N) is 2. The quantitative estimate of drug-likeness (QED) is 0.138. The van der Waals surface area contributed by atoms with Crippen LogP contribution in [0.4, 0.5) is 11.4 Å². The normalized spacial score (nSPS) is 11.4. The second kappa shape index (κ2) is 12.2. The molecule has 3 rings (SSSR count). The van der Waals surface area contributed by atoms with Crippen LogP contribution in [0.15, 0.2) is 60.8 Å². The third-order valence-corrected chi connectivity index (χ3v) is 5.09. The van der Waals surface area contributed by atoms with Gasteiger partial charge >= 0.3 is 0 Å². The number of hydrogen-bond acceptors (Lipinski definition) is 8. The predicted octanol–water partition coefficient (Wildman–Crippen LogP) is 2.75. The number of hydrogen-bond donors (Lipinski definition) is 6. The van der Waals surface area contributed by atoms with Gasteiger partial charge in [-0.1, -0.05) is 6.07 Å². The van der Waals surface area contributed by atoms with Gasteiger partial charge in [-0.15, -0.1) is 0 Å². The fourth-order valence-corrected chi connectivity index (χ4v) is 3.39. The first kappa shape index (κ1) is 26.8. The molecule has 1 heterocycles. The molecule has 0 radical (unpaired) electrons. The van der Waals surface area contributed by atoms with Crippen LogP contribution in [0, 0.1) is 5.41 Å². The number of nitrogens with zero attached hydrogens (tertiary/aromatic N) is 1. The zero-order valence-electron chi connectivity index (χ0n) is 20.9. The minimum absolute atomic E-state index is 0.0130. The van der Waals surface area contributed by atoms with E-state index in [2.05, 4.69) is 21.2 Å². The van der Waals surface area contributed by atoms with Crippen LogP contribution in [0.2, 0.25) is 0 Å². The maximum Gasteiger partial charge on any atom is 0.290 e. The predicted molar refractivity (Wildman–Crippen MR) is 141 cm³/mol. The van der Waals surface area contributed by atoms with Crippen molar-refractivity contribution in [2.75, 3.05) is 17.7 Å². The van der Waals surface area contributed by atoms with Gasteiger partial charge < -0.3 is 26.3 Å². The number of carbonyl (C=O) groups excluding carboxylic acids is 2. The molecule has 1 unspecified atom stereocenters. The number of benzene rings is 2. The van der Waals surface area contributed by atoms with Crippen LogP contribution in [-0.2, 0) is 4.79 Å². The lowest BCUT2D eigenvalue weighted by Gasteiger charge is -2.22. The monoisotopic (exact) mass is 505 g/mol. The Kier molecular flexibility index (Phi) is 8.87. The zero-order valence-corrected chi connectivity index (χ0v) is 20.9. The maximum absolute atomic E-state index is 13.3. The molecular weight excluding hydrogens is 474 g/mol. The molecule has 8 N–H and O–H groups in total. The van der Waals surface area contributed by atoms with Crippen molar-refractivity contribution >= 4 is 29.0 Å². The topological polar surface area (TPSA) is 177 Å². The summed E-state index contributed by atoms with van der Waals surface area (Å²) in [6.07, 6.45) is 1.36. The SMILES string of the molecule is CCOc1cc(C(Nc2ccc(C(=N)N)cc2)C(=O)NNC(=O)c2ncccc2N)ccc1OC(C)C. The number of amidine groups is 1. The molecule has 0 bridgehead atoms. The van der Waals surface area contributed by atoms with E-state index in [1.165, 1.54) is 12.3 Å². The Morgan fingerprint density at radius 2 is 1.78 bits per heavy atom. The molecule has 1 aromatic heterocycles. The van der Waals surface area contributed by atoms with Gasteiger partial charge in [-0.25, -0.2) is 4.98 Å². The molecule has 3 aromatic rings. The molecule has 0 spiro atoms. The van der Waals surface area contributed by atoms with Crippen LogP contribution in [-0.4, -0.2) is 35.3 Å². The molecule has 11 nitrogen and oxygen atoms in total. The van der Waals surface area contributed by atoms with E-state index >= 15 is 0 Å².